The number of hydrogen-bond donors (Lipinski definition) is 1. The number of aromatic nitrogens is 2. The predicted octanol–water partition coefficient (Wildman–Crippen LogP) is 1.92. The van der Waals surface area contributed by atoms with Crippen molar-refractivity contribution in [3.63, 3.8) is 0 Å². The normalized spacial score (nSPS) is 15.9. The number of imidazole rings is 1. The van der Waals surface area contributed by atoms with Crippen LogP contribution in [0.15, 0.2) is 0 Å². The van der Waals surface area contributed by atoms with Crippen molar-refractivity contribution in [3.05, 3.63) is 17.2 Å². The Hall–Kier alpha value is -0.970. The van der Waals surface area contributed by atoms with E-state index in [1.807, 2.05) is 13.8 Å². The largest absolute Gasteiger partial charge is 0.326 e. The number of fused-ring (bicyclic) bond motifs is 1. The van der Waals surface area contributed by atoms with Gasteiger partial charge in [-0.2, -0.15) is 0 Å². The smallest absolute Gasteiger partial charge is 0.256 e. The molecule has 1 N–H and O–H groups in total. The molecule has 1 aliphatic heterocycles. The Kier molecular flexibility index (Phi) is 3.23. The summed E-state index contributed by atoms with van der Waals surface area (Å²) in [6.45, 7) is 5.30. The van der Waals surface area contributed by atoms with Gasteiger partial charge in [-0.25, -0.2) is 13.8 Å². The van der Waals surface area contributed by atoms with Gasteiger partial charge in [0.1, 0.15) is 5.82 Å². The van der Waals surface area contributed by atoms with E-state index in [4.69, 9.17) is 0 Å². The summed E-state index contributed by atoms with van der Waals surface area (Å²) in [5, 5.41) is 3.21. The second-order valence-corrected chi connectivity index (χ2v) is 4.45. The van der Waals surface area contributed by atoms with E-state index in [1.54, 1.807) is 4.57 Å². The molecule has 0 unspecified atom stereocenters. The van der Waals surface area contributed by atoms with E-state index in [0.717, 1.165) is 30.2 Å². The number of hydrogen-bond acceptors (Lipinski definition) is 2. The monoisotopic (exact) mass is 229 g/mol. The summed E-state index contributed by atoms with van der Waals surface area (Å²) in [7, 11) is 0. The molecule has 0 spiro atoms. The van der Waals surface area contributed by atoms with Crippen LogP contribution in [0.5, 0.6) is 0 Å². The molecule has 0 aliphatic carbocycles. The second-order valence-electron chi connectivity index (χ2n) is 4.45. The highest BCUT2D eigenvalue weighted by Crippen LogP contribution is 2.22. The fourth-order valence-electron chi connectivity index (χ4n) is 2.17. The van der Waals surface area contributed by atoms with Gasteiger partial charge in [0.2, 0.25) is 0 Å². The standard InChI is InChI=1S/C11H17F2N3/c1-7(2)11-15-8-5-14-4-3-9(8)16(11)6-10(12)13/h7,10,14H,3-6H2,1-2H3. The molecule has 0 saturated heterocycles. The summed E-state index contributed by atoms with van der Waals surface area (Å²) in [6.07, 6.45) is -1.52. The van der Waals surface area contributed by atoms with E-state index in [2.05, 4.69) is 10.3 Å². The molecule has 1 aliphatic rings. The van der Waals surface area contributed by atoms with Crippen molar-refractivity contribution >= 4 is 0 Å². The summed E-state index contributed by atoms with van der Waals surface area (Å²) in [4.78, 5) is 4.47. The third-order valence-electron chi connectivity index (χ3n) is 2.85. The van der Waals surface area contributed by atoms with E-state index in [0.29, 0.717) is 6.54 Å². The maximum absolute atomic E-state index is 12.5. The van der Waals surface area contributed by atoms with Gasteiger partial charge in [-0.15, -0.1) is 0 Å². The molecule has 2 heterocycles. The lowest BCUT2D eigenvalue weighted by molar-refractivity contribution is 0.124. The number of rotatable bonds is 3. The topological polar surface area (TPSA) is 29.9 Å². The summed E-state index contributed by atoms with van der Waals surface area (Å²) >= 11 is 0. The Balaban J connectivity index is 2.40. The van der Waals surface area contributed by atoms with Gasteiger partial charge >= 0.3 is 0 Å². The minimum Gasteiger partial charge on any atom is -0.326 e. The molecule has 0 atom stereocenters. The molecule has 3 nitrogen and oxygen atoms in total. The molecular formula is C11H17F2N3. The maximum Gasteiger partial charge on any atom is 0.256 e. The average molecular weight is 229 g/mol. The zero-order chi connectivity index (χ0) is 11.7. The Morgan fingerprint density at radius 2 is 2.19 bits per heavy atom. The van der Waals surface area contributed by atoms with Crippen LogP contribution in [0.2, 0.25) is 0 Å². The van der Waals surface area contributed by atoms with Crippen molar-refractivity contribution in [1.29, 1.82) is 0 Å². The summed E-state index contributed by atoms with van der Waals surface area (Å²) in [5.41, 5.74) is 1.93. The molecule has 0 saturated carbocycles. The molecule has 0 fully saturated rings. The van der Waals surface area contributed by atoms with Gasteiger partial charge in [0, 0.05) is 31.1 Å². The number of nitrogens with zero attached hydrogens (tertiary/aromatic N) is 2. The highest BCUT2D eigenvalue weighted by molar-refractivity contribution is 5.21. The third-order valence-corrected chi connectivity index (χ3v) is 2.85. The van der Waals surface area contributed by atoms with Gasteiger partial charge in [-0.3, -0.25) is 0 Å². The molecule has 2 rings (SSSR count). The first-order valence-electron chi connectivity index (χ1n) is 5.66. The number of halogens is 2. The maximum atomic E-state index is 12.5. The third kappa shape index (κ3) is 2.09. The van der Waals surface area contributed by atoms with Gasteiger partial charge in [-0.05, 0) is 0 Å². The quantitative estimate of drug-likeness (QED) is 0.858. The van der Waals surface area contributed by atoms with Crippen LogP contribution < -0.4 is 5.32 Å². The van der Waals surface area contributed by atoms with Crippen LogP contribution in [0, 0.1) is 0 Å². The minimum absolute atomic E-state index is 0.185. The van der Waals surface area contributed by atoms with E-state index in [1.165, 1.54) is 0 Å². The highest BCUT2D eigenvalue weighted by atomic mass is 19.3. The SMILES string of the molecule is CC(C)c1nc2c(n1CC(F)F)CCNC2. The highest BCUT2D eigenvalue weighted by Gasteiger charge is 2.22. The van der Waals surface area contributed by atoms with Gasteiger partial charge in [-0.1, -0.05) is 13.8 Å². The lowest BCUT2D eigenvalue weighted by Crippen LogP contribution is -2.25. The van der Waals surface area contributed by atoms with Crippen molar-refractivity contribution in [2.75, 3.05) is 6.54 Å². The Morgan fingerprint density at radius 3 is 2.81 bits per heavy atom. The van der Waals surface area contributed by atoms with Crippen molar-refractivity contribution < 1.29 is 8.78 Å². The van der Waals surface area contributed by atoms with Crippen molar-refractivity contribution in [3.8, 4) is 0 Å². The van der Waals surface area contributed by atoms with Crippen LogP contribution in [0.4, 0.5) is 8.78 Å². The molecular weight excluding hydrogens is 212 g/mol. The lowest BCUT2D eigenvalue weighted by atomic mass is 10.2. The first kappa shape index (κ1) is 11.5. The first-order chi connectivity index (χ1) is 7.59. The Labute approximate surface area is 93.9 Å². The summed E-state index contributed by atoms with van der Waals surface area (Å²) in [5.74, 6) is 0.971. The van der Waals surface area contributed by atoms with E-state index < -0.39 is 6.43 Å². The van der Waals surface area contributed by atoms with Crippen molar-refractivity contribution in [2.45, 2.75) is 45.7 Å². The zero-order valence-corrected chi connectivity index (χ0v) is 9.63. The van der Waals surface area contributed by atoms with E-state index >= 15 is 0 Å². The van der Waals surface area contributed by atoms with Gasteiger partial charge in [0.15, 0.2) is 0 Å². The van der Waals surface area contributed by atoms with E-state index in [-0.39, 0.29) is 12.5 Å². The van der Waals surface area contributed by atoms with Crippen LogP contribution in [0.3, 0.4) is 0 Å². The molecule has 0 aromatic carbocycles. The van der Waals surface area contributed by atoms with Gasteiger partial charge in [0.25, 0.3) is 6.43 Å². The molecule has 0 amide bonds. The average Bonchev–Trinajstić information content (AvgIpc) is 2.57. The minimum atomic E-state index is -2.31. The molecule has 0 bridgehead atoms. The first-order valence-corrected chi connectivity index (χ1v) is 5.66. The molecule has 0 radical (unpaired) electrons. The number of nitrogens with one attached hydrogen (secondary N) is 1. The summed E-state index contributed by atoms with van der Waals surface area (Å²) in [6, 6.07) is 0. The molecule has 16 heavy (non-hydrogen) atoms. The lowest BCUT2D eigenvalue weighted by Gasteiger charge is -2.16. The number of alkyl halides is 2. The summed E-state index contributed by atoms with van der Waals surface area (Å²) < 4.78 is 26.8. The van der Waals surface area contributed by atoms with E-state index in [9.17, 15) is 8.78 Å². The van der Waals surface area contributed by atoms with Crippen LogP contribution in [0.1, 0.15) is 37.0 Å². The van der Waals surface area contributed by atoms with Crippen LogP contribution in [-0.4, -0.2) is 22.5 Å². The van der Waals surface area contributed by atoms with Crippen LogP contribution >= 0.6 is 0 Å². The second kappa shape index (κ2) is 4.49. The fourth-order valence-corrected chi connectivity index (χ4v) is 2.17. The Morgan fingerprint density at radius 1 is 1.44 bits per heavy atom. The van der Waals surface area contributed by atoms with Gasteiger partial charge in [0.05, 0.1) is 12.2 Å². The Bertz CT molecular complexity index is 372. The molecule has 90 valence electrons. The molecule has 5 heteroatoms. The van der Waals surface area contributed by atoms with Crippen LogP contribution in [0.25, 0.3) is 0 Å². The van der Waals surface area contributed by atoms with Crippen molar-refractivity contribution in [1.82, 2.24) is 14.9 Å². The van der Waals surface area contributed by atoms with Gasteiger partial charge < -0.3 is 9.88 Å². The zero-order valence-electron chi connectivity index (χ0n) is 9.63. The molecule has 1 aromatic rings. The molecule has 1 aromatic heterocycles. The fraction of sp³-hybridized carbons (Fsp3) is 0.727. The van der Waals surface area contributed by atoms with Crippen molar-refractivity contribution in [2.24, 2.45) is 0 Å². The predicted molar refractivity (Wildman–Crippen MR) is 57.7 cm³/mol. The van der Waals surface area contributed by atoms with Crippen LogP contribution in [-0.2, 0) is 19.5 Å².